The molecule has 0 fully saturated rings. The lowest BCUT2D eigenvalue weighted by molar-refractivity contribution is 0.137. The van der Waals surface area contributed by atoms with Gasteiger partial charge in [0, 0.05) is 6.04 Å². The Bertz CT molecular complexity index is 344. The summed E-state index contributed by atoms with van der Waals surface area (Å²) in [5.74, 6) is 0.770. The predicted molar refractivity (Wildman–Crippen MR) is 68.8 cm³/mol. The Hall–Kier alpha value is -0.580. The molecule has 1 aromatic rings. The van der Waals surface area contributed by atoms with E-state index < -0.39 is 6.10 Å². The number of halogens is 1. The van der Waals surface area contributed by atoms with Crippen LogP contribution in [0.4, 0.5) is 0 Å². The molecule has 0 saturated heterocycles. The predicted octanol–water partition coefficient (Wildman–Crippen LogP) is 2.49. The zero-order valence-corrected chi connectivity index (χ0v) is 11.4. The number of likely N-dealkylation sites (N-methyl/N-ethyl adjacent to an activating group) is 1. The molecule has 2 N–H and O–H groups in total. The van der Waals surface area contributed by atoms with Gasteiger partial charge in [0.2, 0.25) is 0 Å². The first-order valence-corrected chi connectivity index (χ1v) is 6.14. The first kappa shape index (κ1) is 13.5. The van der Waals surface area contributed by atoms with Gasteiger partial charge in [-0.1, -0.05) is 13.0 Å². The molecule has 0 aromatic heterocycles. The van der Waals surface area contributed by atoms with E-state index in [1.54, 1.807) is 7.11 Å². The highest BCUT2D eigenvalue weighted by Gasteiger charge is 2.16. The zero-order chi connectivity index (χ0) is 12.1. The summed E-state index contributed by atoms with van der Waals surface area (Å²) in [5, 5.41) is 13.3. The Morgan fingerprint density at radius 1 is 1.50 bits per heavy atom. The van der Waals surface area contributed by atoms with Crippen molar-refractivity contribution in [1.82, 2.24) is 5.32 Å². The molecule has 2 atom stereocenters. The van der Waals surface area contributed by atoms with E-state index in [1.165, 1.54) is 0 Å². The second kappa shape index (κ2) is 6.23. The Balaban J connectivity index is 2.84. The average Bonchev–Trinajstić information content (AvgIpc) is 2.28. The van der Waals surface area contributed by atoms with E-state index in [4.69, 9.17) is 4.74 Å². The molecule has 1 rings (SSSR count). The summed E-state index contributed by atoms with van der Waals surface area (Å²) >= 11 is 3.41. The van der Waals surface area contributed by atoms with Crippen molar-refractivity contribution in [2.75, 3.05) is 13.7 Å². The Morgan fingerprint density at radius 2 is 2.19 bits per heavy atom. The minimum atomic E-state index is -0.512. The molecule has 0 bridgehead atoms. The lowest BCUT2D eigenvalue weighted by Gasteiger charge is -2.20. The number of benzene rings is 1. The van der Waals surface area contributed by atoms with Crippen molar-refractivity contribution < 1.29 is 9.84 Å². The molecule has 0 aliphatic heterocycles. The molecule has 0 heterocycles. The van der Waals surface area contributed by atoms with Crippen molar-refractivity contribution in [3.05, 3.63) is 28.2 Å². The van der Waals surface area contributed by atoms with Gasteiger partial charge < -0.3 is 15.2 Å². The highest BCUT2D eigenvalue weighted by atomic mass is 79.9. The lowest BCUT2D eigenvalue weighted by atomic mass is 10.0. The van der Waals surface area contributed by atoms with Crippen LogP contribution in [0, 0.1) is 0 Å². The van der Waals surface area contributed by atoms with Crippen molar-refractivity contribution in [2.24, 2.45) is 0 Å². The minimum Gasteiger partial charge on any atom is -0.496 e. The second-order valence-corrected chi connectivity index (χ2v) is 4.54. The first-order chi connectivity index (χ1) is 7.60. The fourth-order valence-corrected chi connectivity index (χ4v) is 2.15. The smallest absolute Gasteiger partial charge is 0.133 e. The van der Waals surface area contributed by atoms with Gasteiger partial charge in [-0.15, -0.1) is 0 Å². The minimum absolute atomic E-state index is 0.0327. The van der Waals surface area contributed by atoms with Crippen LogP contribution < -0.4 is 10.1 Å². The van der Waals surface area contributed by atoms with E-state index in [9.17, 15) is 5.11 Å². The van der Waals surface area contributed by atoms with Gasteiger partial charge in [-0.3, -0.25) is 0 Å². The summed E-state index contributed by atoms with van der Waals surface area (Å²) in [6, 6.07) is 5.64. The lowest BCUT2D eigenvalue weighted by Crippen LogP contribution is -2.31. The van der Waals surface area contributed by atoms with Gasteiger partial charge in [0.15, 0.2) is 0 Å². The van der Waals surface area contributed by atoms with Crippen LogP contribution in [0.5, 0.6) is 5.75 Å². The van der Waals surface area contributed by atoms with E-state index in [0.717, 1.165) is 22.3 Å². The van der Waals surface area contributed by atoms with Crippen LogP contribution in [-0.4, -0.2) is 24.8 Å². The van der Waals surface area contributed by atoms with E-state index in [1.807, 2.05) is 32.0 Å². The maximum absolute atomic E-state index is 10.1. The van der Waals surface area contributed by atoms with Crippen LogP contribution in [0.1, 0.15) is 25.5 Å². The number of ether oxygens (including phenoxy) is 1. The summed E-state index contributed by atoms with van der Waals surface area (Å²) in [7, 11) is 1.62. The molecule has 0 spiro atoms. The van der Waals surface area contributed by atoms with Crippen LogP contribution in [0.25, 0.3) is 0 Å². The van der Waals surface area contributed by atoms with E-state index in [2.05, 4.69) is 21.2 Å². The SMILES string of the molecule is CCNC(C)C(O)c1ccc(OC)c(Br)c1. The van der Waals surface area contributed by atoms with Crippen LogP contribution in [0.15, 0.2) is 22.7 Å². The topological polar surface area (TPSA) is 41.5 Å². The number of nitrogens with one attached hydrogen (secondary N) is 1. The summed E-state index contributed by atoms with van der Waals surface area (Å²) in [4.78, 5) is 0. The molecule has 4 heteroatoms. The maximum Gasteiger partial charge on any atom is 0.133 e. The number of hydrogen-bond donors (Lipinski definition) is 2. The summed E-state index contributed by atoms with van der Waals surface area (Å²) in [6.07, 6.45) is -0.512. The van der Waals surface area contributed by atoms with Gasteiger partial charge in [0.05, 0.1) is 17.7 Å². The first-order valence-electron chi connectivity index (χ1n) is 5.35. The number of methoxy groups -OCH3 is 1. The van der Waals surface area contributed by atoms with Gasteiger partial charge in [0.25, 0.3) is 0 Å². The van der Waals surface area contributed by atoms with Crippen molar-refractivity contribution in [2.45, 2.75) is 26.0 Å². The van der Waals surface area contributed by atoms with Gasteiger partial charge in [-0.05, 0) is 47.1 Å². The largest absolute Gasteiger partial charge is 0.496 e. The number of hydrogen-bond acceptors (Lipinski definition) is 3. The van der Waals surface area contributed by atoms with Gasteiger partial charge in [-0.2, -0.15) is 0 Å². The fourth-order valence-electron chi connectivity index (χ4n) is 1.59. The second-order valence-electron chi connectivity index (χ2n) is 3.69. The number of aliphatic hydroxyl groups is 1. The molecule has 0 radical (unpaired) electrons. The third kappa shape index (κ3) is 3.20. The summed E-state index contributed by atoms with van der Waals surface area (Å²) < 4.78 is 6.00. The summed E-state index contributed by atoms with van der Waals surface area (Å²) in [5.41, 5.74) is 0.876. The van der Waals surface area contributed by atoms with E-state index >= 15 is 0 Å². The monoisotopic (exact) mass is 287 g/mol. The van der Waals surface area contributed by atoms with Crippen LogP contribution >= 0.6 is 15.9 Å². The molecule has 0 amide bonds. The molecule has 0 saturated carbocycles. The van der Waals surface area contributed by atoms with Crippen LogP contribution in [-0.2, 0) is 0 Å². The third-order valence-electron chi connectivity index (χ3n) is 2.52. The van der Waals surface area contributed by atoms with Gasteiger partial charge in [0.1, 0.15) is 5.75 Å². The Kier molecular flexibility index (Phi) is 5.25. The number of rotatable bonds is 5. The molecular formula is C12H18BrNO2. The van der Waals surface area contributed by atoms with Crippen molar-refractivity contribution in [1.29, 1.82) is 0 Å². The maximum atomic E-state index is 10.1. The molecule has 90 valence electrons. The van der Waals surface area contributed by atoms with Gasteiger partial charge in [-0.25, -0.2) is 0 Å². The molecule has 3 nitrogen and oxygen atoms in total. The quantitative estimate of drug-likeness (QED) is 0.874. The molecule has 16 heavy (non-hydrogen) atoms. The third-order valence-corrected chi connectivity index (χ3v) is 3.14. The van der Waals surface area contributed by atoms with Crippen molar-refractivity contribution >= 4 is 15.9 Å². The highest BCUT2D eigenvalue weighted by molar-refractivity contribution is 9.10. The standard InChI is InChI=1S/C12H18BrNO2/c1-4-14-8(2)12(15)9-5-6-11(16-3)10(13)7-9/h5-8,12,14-15H,4H2,1-3H3. The Labute approximate surface area is 105 Å². The fraction of sp³-hybridized carbons (Fsp3) is 0.500. The van der Waals surface area contributed by atoms with Crippen LogP contribution in [0.2, 0.25) is 0 Å². The normalized spacial score (nSPS) is 14.6. The molecular weight excluding hydrogens is 270 g/mol. The molecule has 0 aliphatic carbocycles. The molecule has 1 aromatic carbocycles. The van der Waals surface area contributed by atoms with Gasteiger partial charge >= 0.3 is 0 Å². The van der Waals surface area contributed by atoms with Crippen molar-refractivity contribution in [3.63, 3.8) is 0 Å². The summed E-state index contributed by atoms with van der Waals surface area (Å²) in [6.45, 7) is 4.83. The Morgan fingerprint density at radius 3 is 2.69 bits per heavy atom. The highest BCUT2D eigenvalue weighted by Crippen LogP contribution is 2.28. The van der Waals surface area contributed by atoms with Crippen molar-refractivity contribution in [3.8, 4) is 5.75 Å². The molecule has 2 unspecified atom stereocenters. The van der Waals surface area contributed by atoms with E-state index in [0.29, 0.717) is 0 Å². The average molecular weight is 288 g/mol. The van der Waals surface area contributed by atoms with E-state index in [-0.39, 0.29) is 6.04 Å². The number of aliphatic hydroxyl groups excluding tert-OH is 1. The zero-order valence-electron chi connectivity index (χ0n) is 9.83. The van der Waals surface area contributed by atoms with Crippen LogP contribution in [0.3, 0.4) is 0 Å². The molecule has 0 aliphatic rings.